The molecule has 0 saturated carbocycles. The molecule has 1 fully saturated rings. The summed E-state index contributed by atoms with van der Waals surface area (Å²) in [6, 6.07) is 7.09. The first kappa shape index (κ1) is 13.7. The molecule has 110 valence electrons. The Balaban J connectivity index is 1.87. The maximum Gasteiger partial charge on any atom is 0.234 e. The zero-order valence-corrected chi connectivity index (χ0v) is 11.7. The van der Waals surface area contributed by atoms with E-state index in [1.807, 2.05) is 31.2 Å². The van der Waals surface area contributed by atoms with Crippen LogP contribution in [0.2, 0.25) is 0 Å². The molecule has 3 rings (SSSR count). The van der Waals surface area contributed by atoms with E-state index in [9.17, 15) is 4.79 Å². The predicted molar refractivity (Wildman–Crippen MR) is 76.9 cm³/mol. The van der Waals surface area contributed by atoms with Crippen molar-refractivity contribution in [3.8, 4) is 5.69 Å². The lowest BCUT2D eigenvalue weighted by atomic mass is 9.85. The molecule has 21 heavy (non-hydrogen) atoms. The molecule has 0 spiro atoms. The zero-order valence-electron chi connectivity index (χ0n) is 11.7. The lowest BCUT2D eigenvalue weighted by Gasteiger charge is -2.25. The van der Waals surface area contributed by atoms with Gasteiger partial charge in [0.2, 0.25) is 5.91 Å². The van der Waals surface area contributed by atoms with Crippen LogP contribution in [0.5, 0.6) is 0 Å². The van der Waals surface area contributed by atoms with E-state index in [0.717, 1.165) is 5.69 Å². The van der Waals surface area contributed by atoms with Crippen molar-refractivity contribution in [3.63, 3.8) is 0 Å². The van der Waals surface area contributed by atoms with E-state index in [1.165, 1.54) is 0 Å². The van der Waals surface area contributed by atoms with Crippen molar-refractivity contribution in [2.75, 3.05) is 18.5 Å². The first-order chi connectivity index (χ1) is 10.1. The number of para-hydroxylation sites is 2. The first-order valence-electron chi connectivity index (χ1n) is 6.72. The Morgan fingerprint density at radius 2 is 2.33 bits per heavy atom. The summed E-state index contributed by atoms with van der Waals surface area (Å²) in [4.78, 5) is 12.6. The van der Waals surface area contributed by atoms with E-state index in [2.05, 4.69) is 15.6 Å². The number of ether oxygens (including phenoxy) is 1. The van der Waals surface area contributed by atoms with Crippen LogP contribution in [0.15, 0.2) is 36.7 Å². The molecule has 1 aliphatic rings. The summed E-state index contributed by atoms with van der Waals surface area (Å²) in [7, 11) is 0. The van der Waals surface area contributed by atoms with Crippen LogP contribution in [0.25, 0.3) is 5.69 Å². The molecule has 3 N–H and O–H groups in total. The van der Waals surface area contributed by atoms with E-state index in [-0.39, 0.29) is 11.9 Å². The topological polar surface area (TPSA) is 95.1 Å². The van der Waals surface area contributed by atoms with Crippen molar-refractivity contribution in [2.45, 2.75) is 13.0 Å². The lowest BCUT2D eigenvalue weighted by Crippen LogP contribution is -2.47. The summed E-state index contributed by atoms with van der Waals surface area (Å²) in [5, 5.41) is 10.7. The summed E-state index contributed by atoms with van der Waals surface area (Å²) in [6.45, 7) is 2.54. The Bertz CT molecular complexity index is 643. The number of carbonyl (C=O) groups excluding carboxylic acids is 1. The molecular weight excluding hydrogens is 270 g/mol. The fraction of sp³-hybridized carbons (Fsp3) is 0.357. The van der Waals surface area contributed by atoms with E-state index in [4.69, 9.17) is 10.5 Å². The second-order valence-corrected chi connectivity index (χ2v) is 5.36. The van der Waals surface area contributed by atoms with Crippen molar-refractivity contribution in [1.82, 2.24) is 15.0 Å². The third-order valence-corrected chi connectivity index (χ3v) is 3.86. The molecule has 7 heteroatoms. The molecule has 2 aromatic rings. The van der Waals surface area contributed by atoms with Crippen molar-refractivity contribution in [1.29, 1.82) is 0 Å². The smallest absolute Gasteiger partial charge is 0.234 e. The van der Waals surface area contributed by atoms with Crippen LogP contribution in [-0.2, 0) is 9.53 Å². The lowest BCUT2D eigenvalue weighted by molar-refractivity contribution is -0.125. The van der Waals surface area contributed by atoms with Gasteiger partial charge in [-0.15, -0.1) is 5.10 Å². The van der Waals surface area contributed by atoms with E-state index in [0.29, 0.717) is 18.9 Å². The summed E-state index contributed by atoms with van der Waals surface area (Å²) in [6.07, 6.45) is 3.30. The number of nitrogens with one attached hydrogen (secondary N) is 1. The molecule has 2 heterocycles. The highest BCUT2D eigenvalue weighted by atomic mass is 16.5. The molecular formula is C14H17N5O2. The fourth-order valence-corrected chi connectivity index (χ4v) is 2.30. The van der Waals surface area contributed by atoms with Gasteiger partial charge in [-0.05, 0) is 19.1 Å². The number of anilines is 1. The van der Waals surface area contributed by atoms with Crippen LogP contribution < -0.4 is 11.1 Å². The molecule has 1 aliphatic heterocycles. The Morgan fingerprint density at radius 3 is 3.00 bits per heavy atom. The predicted octanol–water partition coefficient (Wildman–Crippen LogP) is 0.570. The molecule has 2 unspecified atom stereocenters. The fourth-order valence-electron chi connectivity index (χ4n) is 2.30. The minimum absolute atomic E-state index is 0.153. The number of nitrogens with zero attached hydrogens (tertiary/aromatic N) is 3. The van der Waals surface area contributed by atoms with E-state index in [1.54, 1.807) is 17.1 Å². The SMILES string of the molecule is CC1(C(=O)Nc2ccccc2-n2ccnn2)COCC1N. The molecule has 2 atom stereocenters. The molecule has 1 aromatic carbocycles. The van der Waals surface area contributed by atoms with E-state index < -0.39 is 5.41 Å². The number of hydrogen-bond donors (Lipinski definition) is 2. The third-order valence-electron chi connectivity index (χ3n) is 3.86. The second kappa shape index (κ2) is 5.27. The standard InChI is InChI=1S/C14H17N5O2/c1-14(9-21-8-12(14)15)13(20)17-10-4-2-3-5-11(10)19-7-6-16-18-19/h2-7,12H,8-9,15H2,1H3,(H,17,20). The molecule has 0 bridgehead atoms. The monoisotopic (exact) mass is 287 g/mol. The highest BCUT2D eigenvalue weighted by Gasteiger charge is 2.44. The number of amides is 1. The summed E-state index contributed by atoms with van der Waals surface area (Å²) < 4.78 is 6.92. The highest BCUT2D eigenvalue weighted by molar-refractivity contribution is 5.97. The van der Waals surface area contributed by atoms with Crippen LogP contribution in [0.3, 0.4) is 0 Å². The van der Waals surface area contributed by atoms with Crippen LogP contribution in [0.1, 0.15) is 6.92 Å². The minimum atomic E-state index is -0.727. The maximum atomic E-state index is 12.6. The van der Waals surface area contributed by atoms with Crippen LogP contribution >= 0.6 is 0 Å². The number of benzene rings is 1. The van der Waals surface area contributed by atoms with Crippen molar-refractivity contribution in [2.24, 2.45) is 11.1 Å². The molecule has 1 aromatic heterocycles. The zero-order chi connectivity index (χ0) is 14.9. The van der Waals surface area contributed by atoms with Gasteiger partial charge in [0, 0.05) is 6.04 Å². The Morgan fingerprint density at radius 1 is 1.52 bits per heavy atom. The van der Waals surface area contributed by atoms with Crippen LogP contribution in [0, 0.1) is 5.41 Å². The van der Waals surface area contributed by atoms with Gasteiger partial charge < -0.3 is 15.8 Å². The normalized spacial score (nSPS) is 25.0. The van der Waals surface area contributed by atoms with Gasteiger partial charge in [-0.2, -0.15) is 0 Å². The van der Waals surface area contributed by atoms with Gasteiger partial charge in [-0.3, -0.25) is 4.79 Å². The number of carbonyl (C=O) groups is 1. The van der Waals surface area contributed by atoms with Gasteiger partial charge in [0.05, 0.1) is 42.4 Å². The second-order valence-electron chi connectivity index (χ2n) is 5.36. The van der Waals surface area contributed by atoms with Crippen molar-refractivity contribution >= 4 is 11.6 Å². The third kappa shape index (κ3) is 2.41. The summed E-state index contributed by atoms with van der Waals surface area (Å²) >= 11 is 0. The number of nitrogens with two attached hydrogens (primary N) is 1. The Kier molecular flexibility index (Phi) is 3.44. The Labute approximate surface area is 122 Å². The summed E-state index contributed by atoms with van der Waals surface area (Å²) in [5.41, 5.74) is 6.67. The van der Waals surface area contributed by atoms with Gasteiger partial charge >= 0.3 is 0 Å². The highest BCUT2D eigenvalue weighted by Crippen LogP contribution is 2.29. The molecule has 0 aliphatic carbocycles. The van der Waals surface area contributed by atoms with Gasteiger partial charge in [-0.25, -0.2) is 4.68 Å². The molecule has 1 saturated heterocycles. The summed E-state index contributed by atoms with van der Waals surface area (Å²) in [5.74, 6) is -0.153. The maximum absolute atomic E-state index is 12.6. The van der Waals surface area contributed by atoms with Crippen molar-refractivity contribution < 1.29 is 9.53 Å². The minimum Gasteiger partial charge on any atom is -0.379 e. The number of aromatic nitrogens is 3. The average Bonchev–Trinajstić information content (AvgIpc) is 3.11. The molecule has 0 radical (unpaired) electrons. The van der Waals surface area contributed by atoms with Gasteiger partial charge in [0.1, 0.15) is 0 Å². The van der Waals surface area contributed by atoms with Crippen LogP contribution in [-0.4, -0.2) is 40.2 Å². The van der Waals surface area contributed by atoms with Crippen LogP contribution in [0.4, 0.5) is 5.69 Å². The number of hydrogen-bond acceptors (Lipinski definition) is 5. The quantitative estimate of drug-likeness (QED) is 0.860. The van der Waals surface area contributed by atoms with Gasteiger partial charge in [0.25, 0.3) is 0 Å². The average molecular weight is 287 g/mol. The van der Waals surface area contributed by atoms with Crippen molar-refractivity contribution in [3.05, 3.63) is 36.7 Å². The first-order valence-corrected chi connectivity index (χ1v) is 6.72. The van der Waals surface area contributed by atoms with Gasteiger partial charge in [0.15, 0.2) is 0 Å². The molecule has 7 nitrogen and oxygen atoms in total. The molecule has 1 amide bonds. The largest absolute Gasteiger partial charge is 0.379 e. The van der Waals surface area contributed by atoms with E-state index >= 15 is 0 Å². The Hall–Kier alpha value is -2.25. The number of rotatable bonds is 3. The van der Waals surface area contributed by atoms with Gasteiger partial charge in [-0.1, -0.05) is 17.3 Å².